The topological polar surface area (TPSA) is 56.5 Å². The number of rotatable bonds is 8. The molecule has 0 aliphatic rings. The van der Waals surface area contributed by atoms with Gasteiger partial charge in [-0.15, -0.1) is 0 Å². The summed E-state index contributed by atoms with van der Waals surface area (Å²) in [6.07, 6.45) is 1.03. The molecule has 3 N–H and O–H groups in total. The maximum absolute atomic E-state index is 5.37. The van der Waals surface area contributed by atoms with E-state index in [2.05, 4.69) is 19.3 Å². The highest BCUT2D eigenvalue weighted by Crippen LogP contribution is 2.03. The second-order valence-electron chi connectivity index (χ2n) is 3.56. The van der Waals surface area contributed by atoms with Crippen molar-refractivity contribution in [2.45, 2.75) is 26.3 Å². The van der Waals surface area contributed by atoms with Gasteiger partial charge in [-0.05, 0) is 12.3 Å². The minimum atomic E-state index is 0.247. The summed E-state index contributed by atoms with van der Waals surface area (Å²) in [6, 6.07) is 0.247. The standard InChI is InChI=1S/C9H22N2O2/c1-8(2)6-9(11-10)7-13-5-4-12-3/h8-9,11H,4-7,10H2,1-3H3. The van der Waals surface area contributed by atoms with Crippen LogP contribution in [-0.4, -0.2) is 33.0 Å². The molecule has 1 unspecified atom stereocenters. The average Bonchev–Trinajstić information content (AvgIpc) is 2.09. The number of nitrogens with two attached hydrogens (primary N) is 1. The van der Waals surface area contributed by atoms with Crippen LogP contribution in [0.1, 0.15) is 20.3 Å². The van der Waals surface area contributed by atoms with Gasteiger partial charge in [0.05, 0.1) is 19.8 Å². The molecule has 0 saturated carbocycles. The molecule has 0 aromatic rings. The molecule has 0 aromatic heterocycles. The van der Waals surface area contributed by atoms with Gasteiger partial charge in [0, 0.05) is 13.2 Å². The highest BCUT2D eigenvalue weighted by molar-refractivity contribution is 4.64. The van der Waals surface area contributed by atoms with E-state index in [-0.39, 0.29) is 6.04 Å². The molecular weight excluding hydrogens is 168 g/mol. The van der Waals surface area contributed by atoms with Gasteiger partial charge in [-0.3, -0.25) is 11.3 Å². The molecule has 80 valence electrons. The van der Waals surface area contributed by atoms with Crippen LogP contribution < -0.4 is 11.3 Å². The van der Waals surface area contributed by atoms with Gasteiger partial charge >= 0.3 is 0 Å². The number of nitrogens with one attached hydrogen (secondary N) is 1. The Labute approximate surface area is 80.7 Å². The summed E-state index contributed by atoms with van der Waals surface area (Å²) >= 11 is 0. The molecule has 13 heavy (non-hydrogen) atoms. The number of hydrazine groups is 1. The number of hydrogen-bond donors (Lipinski definition) is 2. The Morgan fingerprint density at radius 3 is 2.46 bits per heavy atom. The average molecular weight is 190 g/mol. The van der Waals surface area contributed by atoms with Gasteiger partial charge in [-0.25, -0.2) is 0 Å². The third-order valence-corrected chi connectivity index (χ3v) is 1.74. The SMILES string of the molecule is COCCOCC(CC(C)C)NN. The molecule has 0 rings (SSSR count). The second kappa shape index (κ2) is 8.44. The minimum absolute atomic E-state index is 0.247. The lowest BCUT2D eigenvalue weighted by Gasteiger charge is -2.17. The highest BCUT2D eigenvalue weighted by Gasteiger charge is 2.08. The van der Waals surface area contributed by atoms with Crippen molar-refractivity contribution in [3.05, 3.63) is 0 Å². The molecule has 0 bridgehead atoms. The van der Waals surface area contributed by atoms with Crippen LogP contribution in [0.5, 0.6) is 0 Å². The summed E-state index contributed by atoms with van der Waals surface area (Å²) in [5.74, 6) is 6.01. The van der Waals surface area contributed by atoms with E-state index in [4.69, 9.17) is 15.3 Å². The zero-order valence-corrected chi connectivity index (χ0v) is 8.88. The number of methoxy groups -OCH3 is 1. The van der Waals surface area contributed by atoms with Crippen LogP contribution >= 0.6 is 0 Å². The van der Waals surface area contributed by atoms with Crippen molar-refractivity contribution in [2.75, 3.05) is 26.9 Å². The fourth-order valence-electron chi connectivity index (χ4n) is 1.12. The van der Waals surface area contributed by atoms with Gasteiger partial charge in [0.2, 0.25) is 0 Å². The van der Waals surface area contributed by atoms with Crippen LogP contribution in [0.15, 0.2) is 0 Å². The zero-order chi connectivity index (χ0) is 10.1. The summed E-state index contributed by atoms with van der Waals surface area (Å²) in [6.45, 7) is 6.25. The molecule has 0 saturated heterocycles. The Kier molecular flexibility index (Phi) is 8.33. The minimum Gasteiger partial charge on any atom is -0.382 e. The zero-order valence-electron chi connectivity index (χ0n) is 8.88. The molecule has 0 fully saturated rings. The first-order chi connectivity index (χ1) is 6.20. The van der Waals surface area contributed by atoms with Crippen molar-refractivity contribution >= 4 is 0 Å². The number of hydrogen-bond acceptors (Lipinski definition) is 4. The summed E-state index contributed by atoms with van der Waals surface area (Å²) < 4.78 is 10.2. The smallest absolute Gasteiger partial charge is 0.0701 e. The summed E-state index contributed by atoms with van der Waals surface area (Å²) in [5, 5.41) is 0. The Hall–Kier alpha value is -0.160. The van der Waals surface area contributed by atoms with E-state index in [0.29, 0.717) is 25.7 Å². The van der Waals surface area contributed by atoms with E-state index < -0.39 is 0 Å². The molecule has 0 radical (unpaired) electrons. The summed E-state index contributed by atoms with van der Waals surface area (Å²) in [7, 11) is 1.66. The van der Waals surface area contributed by atoms with Crippen molar-refractivity contribution < 1.29 is 9.47 Å². The van der Waals surface area contributed by atoms with Crippen LogP contribution in [0.2, 0.25) is 0 Å². The third kappa shape index (κ3) is 8.18. The van der Waals surface area contributed by atoms with Crippen molar-refractivity contribution in [1.82, 2.24) is 5.43 Å². The van der Waals surface area contributed by atoms with Gasteiger partial charge in [0.1, 0.15) is 0 Å². The van der Waals surface area contributed by atoms with Gasteiger partial charge in [-0.2, -0.15) is 0 Å². The van der Waals surface area contributed by atoms with Gasteiger partial charge in [0.15, 0.2) is 0 Å². The van der Waals surface area contributed by atoms with Gasteiger partial charge in [0.25, 0.3) is 0 Å². The molecule has 0 aliphatic carbocycles. The maximum atomic E-state index is 5.37. The lowest BCUT2D eigenvalue weighted by Crippen LogP contribution is -2.39. The Balaban J connectivity index is 3.36. The first-order valence-electron chi connectivity index (χ1n) is 4.73. The molecule has 4 heteroatoms. The molecule has 0 heterocycles. The van der Waals surface area contributed by atoms with Crippen molar-refractivity contribution in [1.29, 1.82) is 0 Å². The maximum Gasteiger partial charge on any atom is 0.0701 e. The van der Waals surface area contributed by atoms with Crippen LogP contribution in [0.25, 0.3) is 0 Å². The Morgan fingerprint density at radius 2 is 2.00 bits per heavy atom. The predicted octanol–water partition coefficient (Wildman–Crippen LogP) is 0.527. The predicted molar refractivity (Wildman–Crippen MR) is 53.3 cm³/mol. The molecular formula is C9H22N2O2. The molecule has 0 amide bonds. The van der Waals surface area contributed by atoms with Crippen LogP contribution in [0.4, 0.5) is 0 Å². The quantitative estimate of drug-likeness (QED) is 0.333. The molecule has 0 aromatic carbocycles. The largest absolute Gasteiger partial charge is 0.382 e. The van der Waals surface area contributed by atoms with Gasteiger partial charge < -0.3 is 9.47 Å². The lowest BCUT2D eigenvalue weighted by atomic mass is 10.1. The van der Waals surface area contributed by atoms with Crippen molar-refractivity contribution in [3.63, 3.8) is 0 Å². The molecule has 0 aliphatic heterocycles. The van der Waals surface area contributed by atoms with E-state index in [1.165, 1.54) is 0 Å². The van der Waals surface area contributed by atoms with Crippen LogP contribution in [-0.2, 0) is 9.47 Å². The van der Waals surface area contributed by atoms with E-state index in [9.17, 15) is 0 Å². The Bertz CT molecular complexity index is 110. The third-order valence-electron chi connectivity index (χ3n) is 1.74. The summed E-state index contributed by atoms with van der Waals surface area (Å²) in [5.41, 5.74) is 2.74. The molecule has 1 atom stereocenters. The first kappa shape index (κ1) is 12.8. The van der Waals surface area contributed by atoms with E-state index >= 15 is 0 Å². The fourth-order valence-corrected chi connectivity index (χ4v) is 1.12. The van der Waals surface area contributed by atoms with Gasteiger partial charge in [-0.1, -0.05) is 13.8 Å². The summed E-state index contributed by atoms with van der Waals surface area (Å²) in [4.78, 5) is 0. The van der Waals surface area contributed by atoms with Crippen molar-refractivity contribution in [3.8, 4) is 0 Å². The van der Waals surface area contributed by atoms with E-state index in [1.54, 1.807) is 7.11 Å². The number of ether oxygens (including phenoxy) is 2. The highest BCUT2D eigenvalue weighted by atomic mass is 16.5. The Morgan fingerprint density at radius 1 is 1.31 bits per heavy atom. The van der Waals surface area contributed by atoms with E-state index in [0.717, 1.165) is 6.42 Å². The van der Waals surface area contributed by atoms with Crippen LogP contribution in [0, 0.1) is 5.92 Å². The monoisotopic (exact) mass is 190 g/mol. The molecule has 0 spiro atoms. The van der Waals surface area contributed by atoms with E-state index in [1.807, 2.05) is 0 Å². The second-order valence-corrected chi connectivity index (χ2v) is 3.56. The first-order valence-corrected chi connectivity index (χ1v) is 4.73. The van der Waals surface area contributed by atoms with Crippen molar-refractivity contribution in [2.24, 2.45) is 11.8 Å². The normalized spacial score (nSPS) is 13.6. The van der Waals surface area contributed by atoms with Crippen LogP contribution in [0.3, 0.4) is 0 Å². The lowest BCUT2D eigenvalue weighted by molar-refractivity contribution is 0.0557. The molecule has 4 nitrogen and oxygen atoms in total. The fraction of sp³-hybridized carbons (Fsp3) is 1.00.